The van der Waals surface area contributed by atoms with E-state index in [-0.39, 0.29) is 4.90 Å². The molecular formula is C12H18ClNO2S. The van der Waals surface area contributed by atoms with Crippen molar-refractivity contribution in [3.63, 3.8) is 0 Å². The number of hydrogen-bond acceptors (Lipinski definition) is 3. The largest absolute Gasteiger partial charge is 0.367 e. The van der Waals surface area contributed by atoms with Gasteiger partial charge in [0.05, 0.1) is 4.90 Å². The first kappa shape index (κ1) is 14.3. The minimum absolute atomic E-state index is 0.135. The first-order valence-electron chi connectivity index (χ1n) is 5.56. The van der Waals surface area contributed by atoms with Crippen molar-refractivity contribution in [2.24, 2.45) is 0 Å². The molecule has 0 saturated heterocycles. The summed E-state index contributed by atoms with van der Waals surface area (Å²) in [6.07, 6.45) is 0. The third kappa shape index (κ3) is 3.61. The van der Waals surface area contributed by atoms with E-state index in [1.54, 1.807) is 12.1 Å². The maximum atomic E-state index is 11.1. The van der Waals surface area contributed by atoms with Gasteiger partial charge in [-0.3, -0.25) is 0 Å². The molecule has 0 fully saturated rings. The van der Waals surface area contributed by atoms with Crippen molar-refractivity contribution in [1.82, 2.24) is 0 Å². The Kier molecular flexibility index (Phi) is 4.44. The van der Waals surface area contributed by atoms with Crippen LogP contribution < -0.4 is 4.90 Å². The molecule has 0 bridgehead atoms. The summed E-state index contributed by atoms with van der Waals surface area (Å²) in [5.41, 5.74) is 0.999. The number of anilines is 1. The Morgan fingerprint density at radius 1 is 1.00 bits per heavy atom. The maximum Gasteiger partial charge on any atom is 0.261 e. The minimum atomic E-state index is -3.63. The molecule has 5 heteroatoms. The summed E-state index contributed by atoms with van der Waals surface area (Å²) >= 11 is 0. The summed E-state index contributed by atoms with van der Waals surface area (Å²) in [6, 6.07) is 7.36. The van der Waals surface area contributed by atoms with E-state index < -0.39 is 9.05 Å². The molecule has 0 amide bonds. The summed E-state index contributed by atoms with van der Waals surface area (Å²) in [7, 11) is 1.64. The van der Waals surface area contributed by atoms with Gasteiger partial charge in [-0.1, -0.05) is 0 Å². The third-order valence-electron chi connectivity index (χ3n) is 2.53. The molecule has 0 atom stereocenters. The number of halogens is 1. The van der Waals surface area contributed by atoms with Crippen molar-refractivity contribution in [3.8, 4) is 0 Å². The fourth-order valence-corrected chi connectivity index (χ4v) is 2.74. The molecule has 0 radical (unpaired) electrons. The van der Waals surface area contributed by atoms with Crippen LogP contribution in [0.3, 0.4) is 0 Å². The highest BCUT2D eigenvalue weighted by atomic mass is 35.7. The fraction of sp³-hybridized carbons (Fsp3) is 0.500. The van der Waals surface area contributed by atoms with Crippen molar-refractivity contribution in [2.75, 3.05) is 4.90 Å². The molecular weight excluding hydrogens is 258 g/mol. The number of rotatable bonds is 4. The maximum absolute atomic E-state index is 11.1. The van der Waals surface area contributed by atoms with Crippen molar-refractivity contribution < 1.29 is 8.42 Å². The van der Waals surface area contributed by atoms with E-state index in [9.17, 15) is 8.42 Å². The monoisotopic (exact) mass is 275 g/mol. The lowest BCUT2D eigenvalue weighted by molar-refractivity contribution is 0.606. The van der Waals surface area contributed by atoms with Crippen molar-refractivity contribution in [1.29, 1.82) is 0 Å². The third-order valence-corrected chi connectivity index (χ3v) is 3.90. The predicted octanol–water partition coefficient (Wildman–Crippen LogP) is 3.24. The van der Waals surface area contributed by atoms with Crippen LogP contribution in [0.15, 0.2) is 29.2 Å². The van der Waals surface area contributed by atoms with Crippen LogP contribution in [0, 0.1) is 0 Å². The summed E-state index contributed by atoms with van der Waals surface area (Å²) < 4.78 is 22.3. The van der Waals surface area contributed by atoms with Gasteiger partial charge >= 0.3 is 0 Å². The molecule has 0 spiro atoms. The molecule has 0 aliphatic carbocycles. The normalized spacial score (nSPS) is 12.2. The van der Waals surface area contributed by atoms with E-state index in [1.165, 1.54) is 12.1 Å². The zero-order valence-corrected chi connectivity index (χ0v) is 12.1. The molecule has 3 nitrogen and oxygen atoms in total. The van der Waals surface area contributed by atoms with Gasteiger partial charge in [0.25, 0.3) is 9.05 Å². The second kappa shape index (κ2) is 5.27. The highest BCUT2D eigenvalue weighted by Gasteiger charge is 2.15. The van der Waals surface area contributed by atoms with Crippen LogP contribution in [0.5, 0.6) is 0 Å². The highest BCUT2D eigenvalue weighted by molar-refractivity contribution is 8.13. The van der Waals surface area contributed by atoms with E-state index >= 15 is 0 Å². The fourth-order valence-electron chi connectivity index (χ4n) is 1.97. The summed E-state index contributed by atoms with van der Waals surface area (Å²) in [5.74, 6) is 0. The Hall–Kier alpha value is -0.740. The second-order valence-corrected chi connectivity index (χ2v) is 7.09. The van der Waals surface area contributed by atoms with E-state index in [0.29, 0.717) is 12.1 Å². The minimum Gasteiger partial charge on any atom is -0.367 e. The molecule has 0 aliphatic heterocycles. The van der Waals surface area contributed by atoms with Gasteiger partial charge in [-0.05, 0) is 52.0 Å². The van der Waals surface area contributed by atoms with Crippen LogP contribution in [0.1, 0.15) is 27.7 Å². The molecule has 0 heterocycles. The lowest BCUT2D eigenvalue weighted by Gasteiger charge is -2.33. The first-order valence-corrected chi connectivity index (χ1v) is 7.87. The number of nitrogens with zero attached hydrogens (tertiary/aromatic N) is 1. The van der Waals surface area contributed by atoms with Gasteiger partial charge in [0.2, 0.25) is 0 Å². The Labute approximate surface area is 108 Å². The standard InChI is InChI=1S/C12H18ClNO2S/c1-9(2)14(10(3)4)11-5-7-12(8-6-11)17(13,15)16/h5-10H,1-4H3. The van der Waals surface area contributed by atoms with E-state index in [0.717, 1.165) is 5.69 Å². The van der Waals surface area contributed by atoms with Gasteiger partial charge < -0.3 is 4.90 Å². The number of hydrogen-bond donors (Lipinski definition) is 0. The van der Waals surface area contributed by atoms with E-state index in [1.807, 2.05) is 0 Å². The Morgan fingerprint density at radius 2 is 1.41 bits per heavy atom. The van der Waals surface area contributed by atoms with Crippen LogP contribution >= 0.6 is 10.7 Å². The molecule has 0 N–H and O–H groups in total. The molecule has 96 valence electrons. The lowest BCUT2D eigenvalue weighted by atomic mass is 10.2. The van der Waals surface area contributed by atoms with Crippen molar-refractivity contribution >= 4 is 25.4 Å². The molecule has 1 aromatic carbocycles. The molecule has 1 aromatic rings. The first-order chi connectivity index (χ1) is 7.73. The SMILES string of the molecule is CC(C)N(c1ccc(S(=O)(=O)Cl)cc1)C(C)C. The zero-order valence-electron chi connectivity index (χ0n) is 10.5. The average molecular weight is 276 g/mol. The molecule has 1 rings (SSSR count). The smallest absolute Gasteiger partial charge is 0.261 e. The predicted molar refractivity (Wildman–Crippen MR) is 72.2 cm³/mol. The quantitative estimate of drug-likeness (QED) is 0.792. The Bertz CT molecular complexity index is 458. The van der Waals surface area contributed by atoms with Crippen molar-refractivity contribution in [2.45, 2.75) is 44.7 Å². The second-order valence-electron chi connectivity index (χ2n) is 4.53. The van der Waals surface area contributed by atoms with Crippen LogP contribution in [0.2, 0.25) is 0 Å². The number of benzene rings is 1. The van der Waals surface area contributed by atoms with Crippen LogP contribution in [-0.4, -0.2) is 20.5 Å². The van der Waals surface area contributed by atoms with Gasteiger partial charge in [-0.2, -0.15) is 0 Å². The van der Waals surface area contributed by atoms with Crippen LogP contribution in [0.25, 0.3) is 0 Å². The topological polar surface area (TPSA) is 37.4 Å². The van der Waals surface area contributed by atoms with Gasteiger partial charge in [0.1, 0.15) is 0 Å². The van der Waals surface area contributed by atoms with Crippen LogP contribution in [-0.2, 0) is 9.05 Å². The average Bonchev–Trinajstić information content (AvgIpc) is 2.15. The molecule has 0 aromatic heterocycles. The summed E-state index contributed by atoms with van der Waals surface area (Å²) in [5, 5.41) is 0. The van der Waals surface area contributed by atoms with Gasteiger partial charge in [-0.25, -0.2) is 8.42 Å². The zero-order chi connectivity index (χ0) is 13.2. The molecule has 17 heavy (non-hydrogen) atoms. The highest BCUT2D eigenvalue weighted by Crippen LogP contribution is 2.23. The lowest BCUT2D eigenvalue weighted by Crippen LogP contribution is -2.36. The molecule has 0 unspecified atom stereocenters. The van der Waals surface area contributed by atoms with Crippen molar-refractivity contribution in [3.05, 3.63) is 24.3 Å². The Morgan fingerprint density at radius 3 is 1.71 bits per heavy atom. The summed E-state index contributed by atoms with van der Waals surface area (Å²) in [6.45, 7) is 8.41. The summed E-state index contributed by atoms with van der Waals surface area (Å²) in [4.78, 5) is 2.35. The van der Waals surface area contributed by atoms with E-state index in [2.05, 4.69) is 32.6 Å². The van der Waals surface area contributed by atoms with Crippen LogP contribution in [0.4, 0.5) is 5.69 Å². The van der Waals surface area contributed by atoms with Gasteiger partial charge in [-0.15, -0.1) is 0 Å². The van der Waals surface area contributed by atoms with E-state index in [4.69, 9.17) is 10.7 Å². The molecule has 0 saturated carbocycles. The Balaban J connectivity index is 3.09. The van der Waals surface area contributed by atoms with Gasteiger partial charge in [0.15, 0.2) is 0 Å². The molecule has 0 aliphatic rings. The van der Waals surface area contributed by atoms with Gasteiger partial charge in [0, 0.05) is 28.5 Å².